The highest BCUT2D eigenvalue weighted by Crippen LogP contribution is 2.26. The van der Waals surface area contributed by atoms with E-state index in [9.17, 15) is 21.6 Å². The van der Waals surface area contributed by atoms with E-state index in [0.29, 0.717) is 0 Å². The van der Waals surface area contributed by atoms with Crippen molar-refractivity contribution >= 4 is 10.1 Å². The van der Waals surface area contributed by atoms with E-state index in [1.165, 1.54) is 4.08 Å². The van der Waals surface area contributed by atoms with Crippen LogP contribution >= 0.6 is 0 Å². The first-order valence-electron chi connectivity index (χ1n) is 4.75. The highest BCUT2D eigenvalue weighted by Gasteiger charge is 2.49. The second-order valence-corrected chi connectivity index (χ2v) is 7.15. The average molecular weight is 409 g/mol. The minimum absolute atomic E-state index is 0.617. The third-order valence-corrected chi connectivity index (χ3v) is 5.14. The fourth-order valence-corrected chi connectivity index (χ4v) is 3.39. The summed E-state index contributed by atoms with van der Waals surface area (Å²) in [6, 6.07) is 8.76. The Morgan fingerprint density at radius 3 is 2.37 bits per heavy atom. The van der Waals surface area contributed by atoms with Crippen molar-refractivity contribution in [1.29, 1.82) is 0 Å². The van der Waals surface area contributed by atoms with Crippen LogP contribution in [0.3, 0.4) is 0 Å². The summed E-state index contributed by atoms with van der Waals surface area (Å²) in [6.45, 7) is -0.915. The van der Waals surface area contributed by atoms with Gasteiger partial charge in [-0.3, -0.25) is 0 Å². The summed E-state index contributed by atoms with van der Waals surface area (Å²) >= 11 is -0.890. The van der Waals surface area contributed by atoms with Crippen LogP contribution in [0.15, 0.2) is 40.2 Å². The Labute approximate surface area is 118 Å². The van der Waals surface area contributed by atoms with Crippen molar-refractivity contribution in [3.05, 3.63) is 43.7 Å². The first kappa shape index (κ1) is 16.2. The number of benzene rings is 1. The summed E-state index contributed by atoms with van der Waals surface area (Å²) < 4.78 is 63.6. The Morgan fingerprint density at radius 1 is 1.32 bits per heavy atom. The van der Waals surface area contributed by atoms with Gasteiger partial charge >= 0.3 is 36.8 Å². The molecule has 0 fully saturated rings. The van der Waals surface area contributed by atoms with E-state index in [-0.39, 0.29) is 0 Å². The summed E-state index contributed by atoms with van der Waals surface area (Å²) in [5.41, 5.74) is -5.51. The van der Waals surface area contributed by atoms with Gasteiger partial charge in [0.25, 0.3) is 0 Å². The highest BCUT2D eigenvalue weighted by atomic mass is 127. The molecule has 0 aliphatic rings. The Morgan fingerprint density at radius 2 is 1.89 bits per heavy atom. The summed E-state index contributed by atoms with van der Waals surface area (Å²) in [7, 11) is -5.72. The molecule has 0 aromatic heterocycles. The molecule has 0 unspecified atom stereocenters. The fraction of sp³-hybridized carbons (Fsp3) is 0.200. The highest BCUT2D eigenvalue weighted by molar-refractivity contribution is 7.87. The van der Waals surface area contributed by atoms with Gasteiger partial charge in [0, 0.05) is 0 Å². The molecule has 0 spiro atoms. The first-order chi connectivity index (χ1) is 8.76. The smallest absolute Gasteiger partial charge is 0.388 e. The van der Waals surface area contributed by atoms with Gasteiger partial charge in [0.15, 0.2) is 9.33 Å². The van der Waals surface area contributed by atoms with E-state index in [0.717, 1.165) is 3.57 Å². The molecule has 0 amide bonds. The van der Waals surface area contributed by atoms with Crippen LogP contribution in [-0.4, -0.2) is 25.6 Å². The fourth-order valence-electron chi connectivity index (χ4n) is 0.878. The Kier molecular flexibility index (Phi) is 5.62. The number of alkyl halides is 3. The van der Waals surface area contributed by atoms with Gasteiger partial charge in [0.2, 0.25) is 4.08 Å². The molecule has 0 bridgehead atoms. The molecule has 0 aliphatic heterocycles. The molecule has 9 heteroatoms. The largest absolute Gasteiger partial charge is 0.534 e. The van der Waals surface area contributed by atoms with Crippen LogP contribution in [0.25, 0.3) is 0 Å². The maximum atomic E-state index is 12.1. The van der Waals surface area contributed by atoms with Gasteiger partial charge in [0.1, 0.15) is 6.61 Å². The molecular formula is C10H9F3IO4S+. The number of halogens is 4. The van der Waals surface area contributed by atoms with Crippen LogP contribution in [0.1, 0.15) is 0 Å². The molecule has 19 heavy (non-hydrogen) atoms. The Hall–Kier alpha value is -0.810. The molecule has 1 aromatic rings. The minimum atomic E-state index is -5.72. The van der Waals surface area contributed by atoms with Gasteiger partial charge in [-0.2, -0.15) is 21.6 Å². The van der Waals surface area contributed by atoms with Gasteiger partial charge in [0.05, 0.1) is 0 Å². The van der Waals surface area contributed by atoms with Gasteiger partial charge in [-0.05, 0) is 12.1 Å². The van der Waals surface area contributed by atoms with Crippen molar-refractivity contribution in [2.24, 2.45) is 0 Å². The van der Waals surface area contributed by atoms with E-state index in [1.54, 1.807) is 30.3 Å². The number of aliphatic hydroxyl groups is 1. The normalized spacial score (nSPS) is 13.4. The summed E-state index contributed by atoms with van der Waals surface area (Å²) in [4.78, 5) is 0. The van der Waals surface area contributed by atoms with E-state index in [2.05, 4.69) is 4.18 Å². The topological polar surface area (TPSA) is 63.6 Å². The molecule has 0 atom stereocenters. The zero-order valence-electron chi connectivity index (χ0n) is 9.26. The minimum Gasteiger partial charge on any atom is -0.388 e. The molecule has 0 saturated carbocycles. The van der Waals surface area contributed by atoms with Crippen molar-refractivity contribution in [2.45, 2.75) is 5.51 Å². The SMILES string of the molecule is O=S(=O)(O/C(=C/[I+]c1ccccc1)CO)C(F)(F)F. The van der Waals surface area contributed by atoms with Crippen LogP contribution in [0.4, 0.5) is 13.2 Å². The first-order valence-corrected chi connectivity index (χ1v) is 8.48. The summed E-state index contributed by atoms with van der Waals surface area (Å²) in [5.74, 6) is -0.617. The maximum absolute atomic E-state index is 12.1. The molecule has 1 aromatic carbocycles. The molecule has 4 nitrogen and oxygen atoms in total. The third kappa shape index (κ3) is 4.99. The van der Waals surface area contributed by atoms with E-state index < -0.39 is 49.2 Å². The molecule has 0 radical (unpaired) electrons. The molecular weight excluding hydrogens is 400 g/mol. The van der Waals surface area contributed by atoms with E-state index in [4.69, 9.17) is 5.11 Å². The summed E-state index contributed by atoms with van der Waals surface area (Å²) in [5, 5.41) is 8.83. The van der Waals surface area contributed by atoms with Crippen LogP contribution in [0.2, 0.25) is 0 Å². The van der Waals surface area contributed by atoms with Crippen LogP contribution in [0, 0.1) is 3.57 Å². The number of aliphatic hydroxyl groups excluding tert-OH is 1. The van der Waals surface area contributed by atoms with Crippen LogP contribution in [-0.2, 0) is 14.3 Å². The summed E-state index contributed by atoms with van der Waals surface area (Å²) in [6.07, 6.45) is 0. The molecule has 1 N–H and O–H groups in total. The lowest BCUT2D eigenvalue weighted by Gasteiger charge is -2.08. The molecule has 1 rings (SSSR count). The monoisotopic (exact) mass is 409 g/mol. The second-order valence-electron chi connectivity index (χ2n) is 3.12. The predicted octanol–water partition coefficient (Wildman–Crippen LogP) is -1.35. The third-order valence-electron chi connectivity index (χ3n) is 1.69. The molecule has 0 heterocycles. The van der Waals surface area contributed by atoms with E-state index in [1.807, 2.05) is 0 Å². The number of hydrogen-bond acceptors (Lipinski definition) is 4. The predicted molar refractivity (Wildman–Crippen MR) is 56.4 cm³/mol. The quantitative estimate of drug-likeness (QED) is 0.283. The van der Waals surface area contributed by atoms with Crippen molar-refractivity contribution in [1.82, 2.24) is 0 Å². The molecule has 106 valence electrons. The zero-order chi connectivity index (χ0) is 14.5. The zero-order valence-corrected chi connectivity index (χ0v) is 12.2. The van der Waals surface area contributed by atoms with Crippen LogP contribution < -0.4 is 21.2 Å². The Bertz CT molecular complexity index is 540. The van der Waals surface area contributed by atoms with Crippen molar-refractivity contribution in [3.8, 4) is 0 Å². The molecule has 0 aliphatic carbocycles. The standard InChI is InChI=1S/C10H9F3IO4S/c11-10(12,13)19(16,17)18-9(7-15)6-14-8-4-2-1-3-5-8/h1-6,15H,7H2/q+1/b9-6+. The maximum Gasteiger partial charge on any atom is 0.534 e. The number of rotatable bonds is 5. The second kappa shape index (κ2) is 6.57. The van der Waals surface area contributed by atoms with Crippen LogP contribution in [0.5, 0.6) is 0 Å². The lowest BCUT2D eigenvalue weighted by Crippen LogP contribution is -3.59. The Balaban J connectivity index is 2.80. The van der Waals surface area contributed by atoms with Gasteiger partial charge in [-0.1, -0.05) is 18.2 Å². The van der Waals surface area contributed by atoms with Crippen molar-refractivity contribution in [3.63, 3.8) is 0 Å². The van der Waals surface area contributed by atoms with Crippen molar-refractivity contribution in [2.75, 3.05) is 6.61 Å². The van der Waals surface area contributed by atoms with Gasteiger partial charge in [-0.25, -0.2) is 0 Å². The average Bonchev–Trinajstić information content (AvgIpc) is 2.34. The lowest BCUT2D eigenvalue weighted by molar-refractivity contribution is -0.558. The van der Waals surface area contributed by atoms with Gasteiger partial charge in [-0.15, -0.1) is 0 Å². The lowest BCUT2D eigenvalue weighted by atomic mass is 10.4. The van der Waals surface area contributed by atoms with E-state index >= 15 is 0 Å². The van der Waals surface area contributed by atoms with Crippen molar-refractivity contribution < 1.29 is 52.1 Å². The molecule has 0 saturated heterocycles. The number of hydrogen-bond donors (Lipinski definition) is 1. The van der Waals surface area contributed by atoms with Gasteiger partial charge < -0.3 is 9.29 Å².